The molecule has 1 fully saturated rings. The Hall–Kier alpha value is -3.58. The maximum Gasteiger partial charge on any atom is 0.300 e. The van der Waals surface area contributed by atoms with Crippen LogP contribution < -0.4 is 21.1 Å². The average molecular weight is 652 g/mol. The van der Waals surface area contributed by atoms with Gasteiger partial charge in [-0.2, -0.15) is 8.78 Å². The molecule has 5 nitrogen and oxygen atoms in total. The summed E-state index contributed by atoms with van der Waals surface area (Å²) in [6, 6.07) is 18.4. The van der Waals surface area contributed by atoms with Crippen LogP contribution in [0.5, 0.6) is 5.75 Å². The highest BCUT2D eigenvalue weighted by atomic mass is 19.3. The van der Waals surface area contributed by atoms with Crippen molar-refractivity contribution >= 4 is 17.1 Å². The number of unbranched alkanes of at least 4 members (excludes halogenated alkanes) is 1. The number of fused-ring (bicyclic) bond motifs is 1. The van der Waals surface area contributed by atoms with Gasteiger partial charge in [-0.3, -0.25) is 0 Å². The van der Waals surface area contributed by atoms with Gasteiger partial charge in [0.25, 0.3) is 0 Å². The number of hydrogen-bond acceptors (Lipinski definition) is 5. The van der Waals surface area contributed by atoms with E-state index < -0.39 is 17.1 Å². The molecule has 7 heteroatoms. The Labute approximate surface area is 283 Å². The van der Waals surface area contributed by atoms with Crippen molar-refractivity contribution in [3.8, 4) is 5.75 Å². The van der Waals surface area contributed by atoms with Crippen LogP contribution in [0.3, 0.4) is 0 Å². The van der Waals surface area contributed by atoms with E-state index in [2.05, 4.69) is 69.5 Å². The van der Waals surface area contributed by atoms with Gasteiger partial charge >= 0.3 is 5.92 Å². The van der Waals surface area contributed by atoms with Crippen LogP contribution in [-0.4, -0.2) is 22.5 Å². The third kappa shape index (κ3) is 11.6. The number of anilines is 3. The molecule has 47 heavy (non-hydrogen) atoms. The SMILES string of the molecule is CC.CC(C)(O)C(F)(F)c1ccc(CC=C2CC2)cc1.CCCC.CCc1ccc2c(c1)NC(C(C)(C)Oc1ccc(N)cc1C)N2. The molecule has 0 radical (unpaired) electrons. The Morgan fingerprint density at radius 3 is 1.94 bits per heavy atom. The minimum Gasteiger partial charge on any atom is -0.483 e. The summed E-state index contributed by atoms with van der Waals surface area (Å²) in [5, 5.41) is 16.5. The third-order valence-corrected chi connectivity index (χ3v) is 8.11. The van der Waals surface area contributed by atoms with Crippen molar-refractivity contribution in [2.24, 2.45) is 0 Å². The molecule has 0 amide bonds. The molecule has 2 aliphatic rings. The summed E-state index contributed by atoms with van der Waals surface area (Å²) < 4.78 is 34.0. The molecule has 3 aromatic carbocycles. The van der Waals surface area contributed by atoms with E-state index in [0.717, 1.165) is 60.6 Å². The number of aryl methyl sites for hydroxylation is 2. The van der Waals surface area contributed by atoms with Gasteiger partial charge in [0.1, 0.15) is 23.1 Å². The molecule has 0 aromatic heterocycles. The van der Waals surface area contributed by atoms with Gasteiger partial charge in [-0.25, -0.2) is 0 Å². The molecule has 260 valence electrons. The van der Waals surface area contributed by atoms with E-state index in [1.165, 1.54) is 49.0 Å². The number of halogens is 2. The highest BCUT2D eigenvalue weighted by Crippen LogP contribution is 2.39. The standard InChI is InChI=1S/C19H25N3O.C15H18F2O.C4H10.C2H6/c1-5-13-6-8-15-16(11-13)22-18(21-15)19(3,4)23-17-9-7-14(20)10-12(17)2;1-14(2,18)15(16,17)13-9-7-12(8-10-13)6-5-11-3-4-11;1-3-4-2;1-2/h6-11,18,21-22H,5,20H2,1-4H3;5,7-10,18H,3-4,6H2,1-2H3;3-4H2,1-2H3;1-2H3. The molecule has 0 saturated heterocycles. The molecule has 1 unspecified atom stereocenters. The summed E-state index contributed by atoms with van der Waals surface area (Å²) in [5.74, 6) is -2.38. The van der Waals surface area contributed by atoms with E-state index >= 15 is 0 Å². The predicted octanol–water partition coefficient (Wildman–Crippen LogP) is 10.8. The van der Waals surface area contributed by atoms with Crippen LogP contribution in [0.25, 0.3) is 0 Å². The summed E-state index contributed by atoms with van der Waals surface area (Å²) in [4.78, 5) is 0. The van der Waals surface area contributed by atoms with Gasteiger partial charge in [-0.1, -0.05) is 89.4 Å². The molecule has 5 N–H and O–H groups in total. The number of benzene rings is 3. The van der Waals surface area contributed by atoms with Gasteiger partial charge in [-0.05, 0) is 107 Å². The van der Waals surface area contributed by atoms with E-state index in [1.54, 1.807) is 12.1 Å². The molecule has 3 aromatic rings. The minimum absolute atomic E-state index is 0.00144. The number of ether oxygens (including phenoxy) is 1. The van der Waals surface area contributed by atoms with Crippen molar-refractivity contribution in [1.29, 1.82) is 0 Å². The Bertz CT molecular complexity index is 1420. The summed E-state index contributed by atoms with van der Waals surface area (Å²) in [6.07, 6.45) is 8.97. The Kier molecular flexibility index (Phi) is 14.8. The van der Waals surface area contributed by atoms with Crippen molar-refractivity contribution in [1.82, 2.24) is 0 Å². The van der Waals surface area contributed by atoms with Crippen molar-refractivity contribution < 1.29 is 18.6 Å². The Morgan fingerprint density at radius 1 is 0.851 bits per heavy atom. The summed E-state index contributed by atoms with van der Waals surface area (Å²) >= 11 is 0. The lowest BCUT2D eigenvalue weighted by molar-refractivity contribution is -0.168. The zero-order valence-electron chi connectivity index (χ0n) is 30.4. The highest BCUT2D eigenvalue weighted by molar-refractivity contribution is 5.75. The minimum atomic E-state index is -3.24. The van der Waals surface area contributed by atoms with E-state index in [4.69, 9.17) is 10.5 Å². The van der Waals surface area contributed by atoms with Crippen LogP contribution in [0, 0.1) is 6.92 Å². The topological polar surface area (TPSA) is 79.5 Å². The first-order valence-corrected chi connectivity index (χ1v) is 17.2. The van der Waals surface area contributed by atoms with Crippen LogP contribution >= 0.6 is 0 Å². The Morgan fingerprint density at radius 2 is 1.43 bits per heavy atom. The number of hydrogen-bond donors (Lipinski definition) is 4. The first-order valence-electron chi connectivity index (χ1n) is 17.2. The van der Waals surface area contributed by atoms with E-state index in [-0.39, 0.29) is 11.7 Å². The van der Waals surface area contributed by atoms with Gasteiger partial charge in [0.15, 0.2) is 0 Å². The number of aliphatic hydroxyl groups is 1. The number of rotatable bonds is 9. The third-order valence-electron chi connectivity index (χ3n) is 8.11. The second-order valence-corrected chi connectivity index (χ2v) is 13.1. The Balaban J connectivity index is 0.000000286. The fourth-order valence-electron chi connectivity index (χ4n) is 4.62. The number of alkyl halides is 2. The number of nitrogen functional groups attached to an aromatic ring is 1. The van der Waals surface area contributed by atoms with Crippen molar-refractivity contribution in [3.05, 3.63) is 94.6 Å². The zero-order valence-corrected chi connectivity index (χ0v) is 30.4. The van der Waals surface area contributed by atoms with Crippen molar-refractivity contribution in [2.75, 3.05) is 16.4 Å². The van der Waals surface area contributed by atoms with Crippen molar-refractivity contribution in [3.63, 3.8) is 0 Å². The maximum absolute atomic E-state index is 13.9. The lowest BCUT2D eigenvalue weighted by atomic mass is 9.92. The predicted molar refractivity (Wildman–Crippen MR) is 197 cm³/mol. The first-order chi connectivity index (χ1) is 22.1. The number of nitrogens with two attached hydrogens (primary N) is 1. The maximum atomic E-state index is 13.9. The summed E-state index contributed by atoms with van der Waals surface area (Å²) in [6.45, 7) is 19.0. The largest absolute Gasteiger partial charge is 0.483 e. The average Bonchev–Trinajstić information content (AvgIpc) is 3.77. The molecular weight excluding hydrogens is 592 g/mol. The van der Waals surface area contributed by atoms with E-state index in [9.17, 15) is 13.9 Å². The molecule has 1 aliphatic heterocycles. The molecule has 0 bridgehead atoms. The normalized spacial score (nSPS) is 14.8. The molecule has 1 heterocycles. The fourth-order valence-corrected chi connectivity index (χ4v) is 4.62. The zero-order chi connectivity index (χ0) is 35.4. The van der Waals surface area contributed by atoms with Gasteiger partial charge in [0.2, 0.25) is 0 Å². The van der Waals surface area contributed by atoms with Crippen LogP contribution in [0.2, 0.25) is 0 Å². The molecular formula is C40H59F2N3O2. The van der Waals surface area contributed by atoms with Crippen LogP contribution in [0.4, 0.5) is 25.8 Å². The number of allylic oxidation sites excluding steroid dienone is 2. The quantitative estimate of drug-likeness (QED) is 0.137. The van der Waals surface area contributed by atoms with Crippen molar-refractivity contribution in [2.45, 2.75) is 131 Å². The first kappa shape index (κ1) is 39.6. The van der Waals surface area contributed by atoms with Crippen LogP contribution in [-0.2, 0) is 18.8 Å². The van der Waals surface area contributed by atoms with Gasteiger partial charge in [0, 0.05) is 11.3 Å². The lowest BCUT2D eigenvalue weighted by Gasteiger charge is -2.33. The molecule has 5 rings (SSSR count). The van der Waals surface area contributed by atoms with E-state index in [1.807, 2.05) is 39.0 Å². The van der Waals surface area contributed by atoms with Crippen LogP contribution in [0.1, 0.15) is 110 Å². The molecule has 1 saturated carbocycles. The molecule has 1 atom stereocenters. The second kappa shape index (κ2) is 17.5. The van der Waals surface area contributed by atoms with Gasteiger partial charge in [0.05, 0.1) is 11.4 Å². The summed E-state index contributed by atoms with van der Waals surface area (Å²) in [7, 11) is 0. The number of nitrogens with one attached hydrogen (secondary N) is 2. The fraction of sp³-hybridized carbons (Fsp3) is 0.500. The summed E-state index contributed by atoms with van der Waals surface area (Å²) in [5.41, 5.74) is 11.1. The lowest BCUT2D eigenvalue weighted by Crippen LogP contribution is -2.49. The van der Waals surface area contributed by atoms with Gasteiger partial charge in [-0.15, -0.1) is 0 Å². The van der Waals surface area contributed by atoms with E-state index in [0.29, 0.717) is 0 Å². The molecule has 0 spiro atoms. The van der Waals surface area contributed by atoms with Gasteiger partial charge < -0.3 is 26.2 Å². The monoisotopic (exact) mass is 651 g/mol. The highest BCUT2D eigenvalue weighted by Gasteiger charge is 2.46. The second-order valence-electron chi connectivity index (χ2n) is 13.1. The van der Waals surface area contributed by atoms with Crippen LogP contribution in [0.15, 0.2) is 72.3 Å². The smallest absolute Gasteiger partial charge is 0.300 e. The molecule has 1 aliphatic carbocycles.